The molecule has 2 heteroatoms. The van der Waals surface area contributed by atoms with Crippen LogP contribution in [-0.2, 0) is 6.54 Å². The van der Waals surface area contributed by atoms with E-state index in [0.717, 1.165) is 12.1 Å². The highest BCUT2D eigenvalue weighted by Crippen LogP contribution is 2.20. The number of nitrogens with zero attached hydrogens (tertiary/aromatic N) is 1. The Labute approximate surface area is 143 Å². The summed E-state index contributed by atoms with van der Waals surface area (Å²) in [5.74, 6) is 0.153. The predicted octanol–water partition coefficient (Wildman–Crippen LogP) is 5.61. The molecule has 0 aromatic heterocycles. The molecule has 2 nitrogen and oxygen atoms in total. The molecule has 1 aromatic rings. The molecule has 130 valence electrons. The van der Waals surface area contributed by atoms with Crippen molar-refractivity contribution in [2.24, 2.45) is 0 Å². The topological polar surface area (TPSA) is 17.1 Å². The molecule has 0 amide bonds. The Hall–Kier alpha value is -1.15. The standard InChI is InChI=1S/C21H36NO/c1-5-8-15-22(16-9-6-2,17-10-7-3)18-20-11-13-21(14-12-20)19(4)23/h11-14H,5-10,15-18H2,1-4H3/q+1. The predicted molar refractivity (Wildman–Crippen MR) is 99.7 cm³/mol. The minimum Gasteiger partial charge on any atom is -0.320 e. The zero-order chi connectivity index (χ0) is 17.1. The fourth-order valence-electron chi connectivity index (χ4n) is 3.29. The van der Waals surface area contributed by atoms with Gasteiger partial charge in [0, 0.05) is 11.1 Å². The van der Waals surface area contributed by atoms with E-state index in [1.807, 2.05) is 12.1 Å². The number of ketones is 1. The lowest BCUT2D eigenvalue weighted by Crippen LogP contribution is -2.49. The highest BCUT2D eigenvalue weighted by atomic mass is 16.1. The van der Waals surface area contributed by atoms with Crippen LogP contribution in [0.3, 0.4) is 0 Å². The van der Waals surface area contributed by atoms with Gasteiger partial charge in [-0.15, -0.1) is 0 Å². The van der Waals surface area contributed by atoms with Crippen molar-refractivity contribution < 1.29 is 9.28 Å². The van der Waals surface area contributed by atoms with E-state index in [1.165, 1.54) is 68.2 Å². The van der Waals surface area contributed by atoms with Crippen LogP contribution in [0.25, 0.3) is 0 Å². The van der Waals surface area contributed by atoms with Gasteiger partial charge in [0.1, 0.15) is 6.54 Å². The summed E-state index contributed by atoms with van der Waals surface area (Å²) in [4.78, 5) is 11.5. The van der Waals surface area contributed by atoms with Crippen LogP contribution >= 0.6 is 0 Å². The first-order chi connectivity index (χ1) is 11.1. The number of benzene rings is 1. The van der Waals surface area contributed by atoms with Gasteiger partial charge in [0.15, 0.2) is 5.78 Å². The van der Waals surface area contributed by atoms with Crippen molar-refractivity contribution in [1.82, 2.24) is 0 Å². The van der Waals surface area contributed by atoms with Crippen LogP contribution < -0.4 is 0 Å². The van der Waals surface area contributed by atoms with Crippen LogP contribution in [0.1, 0.15) is 82.1 Å². The second-order valence-electron chi connectivity index (χ2n) is 6.98. The maximum Gasteiger partial charge on any atom is 0.159 e. The van der Waals surface area contributed by atoms with Gasteiger partial charge < -0.3 is 4.48 Å². The second kappa shape index (κ2) is 10.6. The first kappa shape index (κ1) is 19.9. The number of hydrogen-bond donors (Lipinski definition) is 0. The Kier molecular flexibility index (Phi) is 9.16. The molecule has 0 aliphatic heterocycles. The molecule has 0 aliphatic rings. The van der Waals surface area contributed by atoms with E-state index in [9.17, 15) is 4.79 Å². The number of carbonyl (C=O) groups is 1. The molecule has 1 rings (SSSR count). The van der Waals surface area contributed by atoms with Crippen molar-refractivity contribution >= 4 is 5.78 Å². The monoisotopic (exact) mass is 318 g/mol. The molecule has 0 atom stereocenters. The minimum absolute atomic E-state index is 0.153. The fourth-order valence-corrected chi connectivity index (χ4v) is 3.29. The Morgan fingerprint density at radius 1 is 0.826 bits per heavy atom. The van der Waals surface area contributed by atoms with Crippen molar-refractivity contribution in [2.45, 2.75) is 72.8 Å². The molecule has 0 heterocycles. The summed E-state index contributed by atoms with van der Waals surface area (Å²) in [7, 11) is 0. The maximum atomic E-state index is 11.5. The van der Waals surface area contributed by atoms with E-state index in [0.29, 0.717) is 0 Å². The van der Waals surface area contributed by atoms with Gasteiger partial charge in [-0.25, -0.2) is 0 Å². The van der Waals surface area contributed by atoms with Gasteiger partial charge in [-0.05, 0) is 26.2 Å². The van der Waals surface area contributed by atoms with Gasteiger partial charge in [-0.2, -0.15) is 0 Å². The summed E-state index contributed by atoms with van der Waals surface area (Å²) in [5.41, 5.74) is 2.20. The van der Waals surface area contributed by atoms with Gasteiger partial charge in [-0.3, -0.25) is 4.79 Å². The summed E-state index contributed by atoms with van der Waals surface area (Å²) in [6, 6.07) is 8.30. The van der Waals surface area contributed by atoms with E-state index in [4.69, 9.17) is 0 Å². The molecule has 0 aliphatic carbocycles. The first-order valence-corrected chi connectivity index (χ1v) is 9.52. The molecule has 1 aromatic carbocycles. The van der Waals surface area contributed by atoms with Crippen molar-refractivity contribution in [2.75, 3.05) is 19.6 Å². The number of carbonyl (C=O) groups excluding carboxylic acids is 1. The third-order valence-corrected chi connectivity index (χ3v) is 4.84. The van der Waals surface area contributed by atoms with Gasteiger partial charge in [0.25, 0.3) is 0 Å². The summed E-state index contributed by atoms with van der Waals surface area (Å²) in [5, 5.41) is 0. The minimum atomic E-state index is 0.153. The van der Waals surface area contributed by atoms with Crippen molar-refractivity contribution in [3.05, 3.63) is 35.4 Å². The molecule has 0 fully saturated rings. The maximum absolute atomic E-state index is 11.5. The average Bonchev–Trinajstić information content (AvgIpc) is 2.56. The molecule has 0 bridgehead atoms. The molecular formula is C21H36NO+. The Bertz CT molecular complexity index is 428. The van der Waals surface area contributed by atoms with Crippen molar-refractivity contribution in [1.29, 1.82) is 0 Å². The summed E-state index contributed by atoms with van der Waals surface area (Å²) in [6.07, 6.45) is 7.71. The van der Waals surface area contributed by atoms with Crippen molar-refractivity contribution in [3.63, 3.8) is 0 Å². The number of quaternary nitrogens is 1. The Morgan fingerprint density at radius 3 is 1.61 bits per heavy atom. The Morgan fingerprint density at radius 2 is 1.26 bits per heavy atom. The molecule has 0 spiro atoms. The molecule has 0 unspecified atom stereocenters. The van der Waals surface area contributed by atoms with Crippen LogP contribution in [0.2, 0.25) is 0 Å². The number of Topliss-reactive ketones (excluding diaryl/α,β-unsaturated/α-hetero) is 1. The molecule has 0 radical (unpaired) electrons. The SMILES string of the molecule is CCCC[N+](CCCC)(CCCC)Cc1ccc(C(C)=O)cc1. The fraction of sp³-hybridized carbons (Fsp3) is 0.667. The lowest BCUT2D eigenvalue weighted by molar-refractivity contribution is -0.941. The highest BCUT2D eigenvalue weighted by Gasteiger charge is 2.26. The molecule has 0 N–H and O–H groups in total. The average molecular weight is 319 g/mol. The smallest absolute Gasteiger partial charge is 0.159 e. The van der Waals surface area contributed by atoms with Crippen LogP contribution in [0.15, 0.2) is 24.3 Å². The van der Waals surface area contributed by atoms with Crippen LogP contribution in [0.4, 0.5) is 0 Å². The number of rotatable bonds is 12. The van der Waals surface area contributed by atoms with Gasteiger partial charge in [0.05, 0.1) is 19.6 Å². The third-order valence-electron chi connectivity index (χ3n) is 4.84. The van der Waals surface area contributed by atoms with E-state index in [1.54, 1.807) is 6.92 Å². The van der Waals surface area contributed by atoms with Crippen LogP contribution in [0.5, 0.6) is 0 Å². The zero-order valence-electron chi connectivity index (χ0n) is 15.7. The normalized spacial score (nSPS) is 11.7. The van der Waals surface area contributed by atoms with Crippen LogP contribution in [-0.4, -0.2) is 29.9 Å². The quantitative estimate of drug-likeness (QED) is 0.362. The third kappa shape index (κ3) is 6.87. The summed E-state index contributed by atoms with van der Waals surface area (Å²) in [6.45, 7) is 13.5. The lowest BCUT2D eigenvalue weighted by Gasteiger charge is -2.39. The molecule has 0 saturated heterocycles. The van der Waals surface area contributed by atoms with Gasteiger partial charge >= 0.3 is 0 Å². The van der Waals surface area contributed by atoms with E-state index >= 15 is 0 Å². The van der Waals surface area contributed by atoms with Crippen molar-refractivity contribution in [3.8, 4) is 0 Å². The van der Waals surface area contributed by atoms with E-state index in [-0.39, 0.29) is 5.78 Å². The lowest BCUT2D eigenvalue weighted by atomic mass is 10.1. The van der Waals surface area contributed by atoms with E-state index < -0.39 is 0 Å². The first-order valence-electron chi connectivity index (χ1n) is 9.52. The summed E-state index contributed by atoms with van der Waals surface area (Å²) >= 11 is 0. The summed E-state index contributed by atoms with van der Waals surface area (Å²) < 4.78 is 1.22. The van der Waals surface area contributed by atoms with Gasteiger partial charge in [0.2, 0.25) is 0 Å². The van der Waals surface area contributed by atoms with E-state index in [2.05, 4.69) is 32.9 Å². The zero-order valence-corrected chi connectivity index (χ0v) is 15.7. The molecule has 23 heavy (non-hydrogen) atoms. The highest BCUT2D eigenvalue weighted by molar-refractivity contribution is 5.93. The second-order valence-corrected chi connectivity index (χ2v) is 6.98. The van der Waals surface area contributed by atoms with Crippen LogP contribution in [0, 0.1) is 0 Å². The number of hydrogen-bond acceptors (Lipinski definition) is 1. The Balaban J connectivity index is 2.92. The number of unbranched alkanes of at least 4 members (excludes halogenated alkanes) is 3. The van der Waals surface area contributed by atoms with Gasteiger partial charge in [-0.1, -0.05) is 64.3 Å². The molecular weight excluding hydrogens is 282 g/mol. The largest absolute Gasteiger partial charge is 0.320 e. The molecule has 0 saturated carbocycles.